The minimum absolute atomic E-state index is 0. The van der Waals surface area contributed by atoms with E-state index < -0.39 is 0 Å². The highest BCUT2D eigenvalue weighted by Crippen LogP contribution is 2.12. The third-order valence-electron chi connectivity index (χ3n) is 1.32. The van der Waals surface area contributed by atoms with Crippen molar-refractivity contribution in [3.05, 3.63) is 24.2 Å². The molecule has 70 valence electrons. The van der Waals surface area contributed by atoms with Crippen LogP contribution in [-0.4, -0.2) is 12.3 Å². The minimum Gasteiger partial charge on any atom is -0.468 e. The molecule has 1 heterocycles. The Bertz CT molecular complexity index is 179. The molecule has 2 N–H and O–H groups in total. The quantitative estimate of drug-likeness (QED) is 0.754. The molecule has 0 aliphatic heterocycles. The molecule has 0 saturated heterocycles. The Labute approximate surface area is 83.3 Å². The van der Waals surface area contributed by atoms with Crippen LogP contribution >= 0.6 is 24.2 Å². The van der Waals surface area contributed by atoms with Crippen molar-refractivity contribution in [2.24, 2.45) is 5.73 Å². The Morgan fingerprint density at radius 1 is 1.50 bits per heavy atom. The molecule has 0 atom stereocenters. The minimum atomic E-state index is 0. The van der Waals surface area contributed by atoms with E-state index in [0.717, 1.165) is 30.2 Å². The molecule has 0 aliphatic carbocycles. The van der Waals surface area contributed by atoms with Crippen LogP contribution in [0.1, 0.15) is 12.2 Å². The third kappa shape index (κ3) is 4.70. The maximum absolute atomic E-state index is 5.35. The van der Waals surface area contributed by atoms with E-state index in [0.29, 0.717) is 0 Å². The van der Waals surface area contributed by atoms with Gasteiger partial charge in [0.2, 0.25) is 0 Å². The summed E-state index contributed by atoms with van der Waals surface area (Å²) in [5.41, 5.74) is 5.35. The van der Waals surface area contributed by atoms with Crippen molar-refractivity contribution < 1.29 is 4.42 Å². The molecular formula is C8H14ClNOS. The van der Waals surface area contributed by atoms with E-state index in [2.05, 4.69) is 0 Å². The first-order valence-corrected chi connectivity index (χ1v) is 4.89. The summed E-state index contributed by atoms with van der Waals surface area (Å²) >= 11 is 1.86. The molecule has 0 amide bonds. The Kier molecular flexibility index (Phi) is 7.45. The first-order chi connectivity index (χ1) is 5.43. The monoisotopic (exact) mass is 207 g/mol. The van der Waals surface area contributed by atoms with Crippen molar-refractivity contribution in [3.63, 3.8) is 0 Å². The molecule has 0 spiro atoms. The van der Waals surface area contributed by atoms with Crippen LogP contribution in [0, 0.1) is 0 Å². The molecule has 0 bridgehead atoms. The van der Waals surface area contributed by atoms with Crippen molar-refractivity contribution in [1.29, 1.82) is 0 Å². The van der Waals surface area contributed by atoms with E-state index in [1.807, 2.05) is 23.9 Å². The zero-order valence-electron chi connectivity index (χ0n) is 6.86. The van der Waals surface area contributed by atoms with Crippen molar-refractivity contribution in [2.75, 3.05) is 12.3 Å². The van der Waals surface area contributed by atoms with Crippen LogP contribution < -0.4 is 5.73 Å². The van der Waals surface area contributed by atoms with Crippen LogP contribution in [0.2, 0.25) is 0 Å². The fourth-order valence-corrected chi connectivity index (χ4v) is 1.63. The van der Waals surface area contributed by atoms with Gasteiger partial charge in [-0.05, 0) is 30.9 Å². The summed E-state index contributed by atoms with van der Waals surface area (Å²) in [5, 5.41) is 0. The molecule has 1 aromatic heterocycles. The highest BCUT2D eigenvalue weighted by Gasteiger charge is 1.94. The lowest BCUT2D eigenvalue weighted by Gasteiger charge is -1.95. The molecule has 2 nitrogen and oxygen atoms in total. The number of furan rings is 1. The molecule has 4 heteroatoms. The number of hydrogen-bond acceptors (Lipinski definition) is 3. The van der Waals surface area contributed by atoms with Crippen molar-refractivity contribution in [1.82, 2.24) is 0 Å². The third-order valence-corrected chi connectivity index (χ3v) is 2.38. The van der Waals surface area contributed by atoms with Gasteiger partial charge < -0.3 is 10.2 Å². The molecule has 0 aliphatic rings. The van der Waals surface area contributed by atoms with Crippen molar-refractivity contribution in [3.8, 4) is 0 Å². The number of thioether (sulfide) groups is 1. The molecule has 0 saturated carbocycles. The van der Waals surface area contributed by atoms with Gasteiger partial charge >= 0.3 is 0 Å². The number of hydrogen-bond donors (Lipinski definition) is 1. The summed E-state index contributed by atoms with van der Waals surface area (Å²) < 4.78 is 5.16. The lowest BCUT2D eigenvalue weighted by atomic mass is 10.5. The number of rotatable bonds is 5. The van der Waals surface area contributed by atoms with Crippen LogP contribution in [0.4, 0.5) is 0 Å². The summed E-state index contributed by atoms with van der Waals surface area (Å²) in [5.74, 6) is 3.14. The SMILES string of the molecule is Cl.NCCCSCc1ccco1. The fraction of sp³-hybridized carbons (Fsp3) is 0.500. The van der Waals surface area contributed by atoms with E-state index in [4.69, 9.17) is 10.2 Å². The lowest BCUT2D eigenvalue weighted by molar-refractivity contribution is 0.530. The highest BCUT2D eigenvalue weighted by molar-refractivity contribution is 7.98. The van der Waals surface area contributed by atoms with Gasteiger partial charge in [0, 0.05) is 0 Å². The highest BCUT2D eigenvalue weighted by atomic mass is 35.5. The van der Waals surface area contributed by atoms with Crippen LogP contribution in [-0.2, 0) is 5.75 Å². The number of nitrogens with two attached hydrogens (primary N) is 1. The summed E-state index contributed by atoms with van der Waals surface area (Å²) in [4.78, 5) is 0. The lowest BCUT2D eigenvalue weighted by Crippen LogP contribution is -1.99. The second kappa shape index (κ2) is 7.53. The predicted octanol–water partition coefficient (Wildman–Crippen LogP) is 2.28. The number of halogens is 1. The van der Waals surface area contributed by atoms with Crippen LogP contribution in [0.15, 0.2) is 22.8 Å². The summed E-state index contributed by atoms with van der Waals surface area (Å²) in [6.45, 7) is 0.783. The van der Waals surface area contributed by atoms with Crippen molar-refractivity contribution >= 4 is 24.2 Å². The Hall–Kier alpha value is -0.120. The van der Waals surface area contributed by atoms with Gasteiger partial charge in [0.05, 0.1) is 12.0 Å². The molecule has 1 aromatic rings. The van der Waals surface area contributed by atoms with Crippen LogP contribution in [0.3, 0.4) is 0 Å². The maximum atomic E-state index is 5.35. The smallest absolute Gasteiger partial charge is 0.113 e. The Morgan fingerprint density at radius 2 is 2.33 bits per heavy atom. The van der Waals surface area contributed by atoms with Gasteiger partial charge in [-0.1, -0.05) is 0 Å². The predicted molar refractivity (Wildman–Crippen MR) is 55.8 cm³/mol. The average molecular weight is 208 g/mol. The summed E-state index contributed by atoms with van der Waals surface area (Å²) in [7, 11) is 0. The molecule has 0 radical (unpaired) electrons. The normalized spacial score (nSPS) is 9.42. The van der Waals surface area contributed by atoms with Gasteiger partial charge in [-0.2, -0.15) is 11.8 Å². The fourth-order valence-electron chi connectivity index (χ4n) is 0.753. The van der Waals surface area contributed by atoms with E-state index in [1.165, 1.54) is 0 Å². The maximum Gasteiger partial charge on any atom is 0.113 e. The molecular weight excluding hydrogens is 194 g/mol. The molecule has 0 aromatic carbocycles. The zero-order valence-corrected chi connectivity index (χ0v) is 8.50. The summed E-state index contributed by atoms with van der Waals surface area (Å²) in [6.07, 6.45) is 2.80. The molecule has 0 fully saturated rings. The van der Waals surface area contributed by atoms with Gasteiger partial charge in [0.15, 0.2) is 0 Å². The van der Waals surface area contributed by atoms with E-state index in [9.17, 15) is 0 Å². The van der Waals surface area contributed by atoms with Crippen LogP contribution in [0.25, 0.3) is 0 Å². The van der Waals surface area contributed by atoms with Crippen LogP contribution in [0.5, 0.6) is 0 Å². The largest absolute Gasteiger partial charge is 0.468 e. The second-order valence-electron chi connectivity index (χ2n) is 2.27. The van der Waals surface area contributed by atoms with Gasteiger partial charge in [-0.15, -0.1) is 12.4 Å². The van der Waals surface area contributed by atoms with Gasteiger partial charge in [0.1, 0.15) is 5.76 Å². The average Bonchev–Trinajstić information content (AvgIpc) is 2.50. The van der Waals surface area contributed by atoms with Gasteiger partial charge in [-0.3, -0.25) is 0 Å². The molecule has 12 heavy (non-hydrogen) atoms. The van der Waals surface area contributed by atoms with E-state index in [1.54, 1.807) is 6.26 Å². The topological polar surface area (TPSA) is 39.2 Å². The standard InChI is InChI=1S/C8H13NOS.ClH/c9-4-2-6-11-7-8-3-1-5-10-8;/h1,3,5H,2,4,6-7,9H2;1H. The summed E-state index contributed by atoms with van der Waals surface area (Å²) in [6, 6.07) is 3.91. The van der Waals surface area contributed by atoms with E-state index in [-0.39, 0.29) is 12.4 Å². The van der Waals surface area contributed by atoms with Gasteiger partial charge in [0.25, 0.3) is 0 Å². The molecule has 1 rings (SSSR count). The molecule has 0 unspecified atom stereocenters. The first kappa shape index (κ1) is 11.9. The van der Waals surface area contributed by atoms with E-state index >= 15 is 0 Å². The Balaban J connectivity index is 0.00000121. The van der Waals surface area contributed by atoms with Gasteiger partial charge in [-0.25, -0.2) is 0 Å². The van der Waals surface area contributed by atoms with Crippen molar-refractivity contribution in [2.45, 2.75) is 12.2 Å². The zero-order chi connectivity index (χ0) is 7.94. The Morgan fingerprint density at radius 3 is 2.92 bits per heavy atom. The second-order valence-corrected chi connectivity index (χ2v) is 3.38. The first-order valence-electron chi connectivity index (χ1n) is 3.73.